The van der Waals surface area contributed by atoms with E-state index in [4.69, 9.17) is 16.3 Å². The molecule has 11 nitrogen and oxygen atoms in total. The molecule has 2 fully saturated rings. The highest BCUT2D eigenvalue weighted by molar-refractivity contribution is 7.21. The van der Waals surface area contributed by atoms with Gasteiger partial charge < -0.3 is 25.8 Å². The van der Waals surface area contributed by atoms with Crippen LogP contribution in [0.4, 0.5) is 5.69 Å². The number of aromatic nitrogens is 4. The van der Waals surface area contributed by atoms with E-state index in [9.17, 15) is 9.90 Å². The van der Waals surface area contributed by atoms with Crippen LogP contribution in [0.15, 0.2) is 24.5 Å². The van der Waals surface area contributed by atoms with Crippen LogP contribution in [0.3, 0.4) is 0 Å². The summed E-state index contributed by atoms with van der Waals surface area (Å²) in [6, 6.07) is 3.83. The summed E-state index contributed by atoms with van der Waals surface area (Å²) in [5, 5.41) is 21.3. The fraction of sp³-hybridized carbons (Fsp3) is 0.400. The second-order valence-corrected chi connectivity index (χ2v) is 11.7. The second kappa shape index (κ2) is 8.95. The van der Waals surface area contributed by atoms with Crippen molar-refractivity contribution in [1.82, 2.24) is 35.5 Å². The van der Waals surface area contributed by atoms with Crippen molar-refractivity contribution >= 4 is 55.7 Å². The fourth-order valence-electron chi connectivity index (χ4n) is 5.52. The van der Waals surface area contributed by atoms with Gasteiger partial charge in [0.05, 0.1) is 22.9 Å². The van der Waals surface area contributed by atoms with Gasteiger partial charge in [-0.1, -0.05) is 0 Å². The van der Waals surface area contributed by atoms with Gasteiger partial charge in [0.15, 0.2) is 0 Å². The highest BCUT2D eigenvalue weighted by Crippen LogP contribution is 2.41. The van der Waals surface area contributed by atoms with Gasteiger partial charge in [-0.15, -0.1) is 11.3 Å². The van der Waals surface area contributed by atoms with Gasteiger partial charge in [-0.25, -0.2) is 15.0 Å². The van der Waals surface area contributed by atoms with E-state index in [0.717, 1.165) is 41.8 Å². The third-order valence-corrected chi connectivity index (χ3v) is 8.79. The quantitative estimate of drug-likeness (QED) is 0.280. The van der Waals surface area contributed by atoms with Crippen molar-refractivity contribution in [2.24, 2.45) is 5.41 Å². The van der Waals surface area contributed by atoms with Gasteiger partial charge in [-0.05, 0) is 37.1 Å². The number of carbonyl (C=O) groups excluding carboxylic acids is 1. The first kappa shape index (κ1) is 23.9. The van der Waals surface area contributed by atoms with Crippen LogP contribution in [0.1, 0.15) is 28.6 Å². The van der Waals surface area contributed by atoms with Gasteiger partial charge >= 0.3 is 0 Å². The Morgan fingerprint density at radius 2 is 2.13 bits per heavy atom. The first-order valence-electron chi connectivity index (χ1n) is 12.5. The normalized spacial score (nSPS) is 22.7. The van der Waals surface area contributed by atoms with Crippen LogP contribution < -0.4 is 20.7 Å². The lowest BCUT2D eigenvalue weighted by Gasteiger charge is -2.38. The number of hydrogen-bond acceptors (Lipinski definition) is 11. The van der Waals surface area contributed by atoms with E-state index in [0.29, 0.717) is 34.6 Å². The number of nitrogens with zero attached hydrogens (tertiary/aromatic N) is 5. The maximum atomic E-state index is 12.7. The zero-order valence-corrected chi connectivity index (χ0v) is 22.1. The molecule has 2 saturated heterocycles. The Bertz CT molecular complexity index is 1590. The van der Waals surface area contributed by atoms with Crippen molar-refractivity contribution in [3.63, 3.8) is 0 Å². The molecule has 1 spiro atoms. The molecule has 3 aliphatic heterocycles. The fourth-order valence-corrected chi connectivity index (χ4v) is 6.73. The van der Waals surface area contributed by atoms with Gasteiger partial charge in [0.25, 0.3) is 5.91 Å². The average molecular weight is 553 g/mol. The SMILES string of the molecule is C[C@@H]1CNc2c(sc3ccc4nc(Oc5nc(Cl)ncc5CN5CC6(CNC6)CC5O)cnc4c23)C(=O)N1. The maximum Gasteiger partial charge on any atom is 0.263 e. The number of anilines is 1. The van der Waals surface area contributed by atoms with Crippen molar-refractivity contribution in [3.8, 4) is 11.8 Å². The lowest BCUT2D eigenvalue weighted by atomic mass is 9.81. The number of carbonyl (C=O) groups is 1. The summed E-state index contributed by atoms with van der Waals surface area (Å²) < 4.78 is 7.04. The van der Waals surface area contributed by atoms with Crippen LogP contribution in [0.25, 0.3) is 21.1 Å². The Balaban J connectivity index is 1.21. The van der Waals surface area contributed by atoms with Gasteiger partial charge in [-0.3, -0.25) is 9.69 Å². The Hall–Kier alpha value is -3.16. The topological polar surface area (TPSA) is 137 Å². The molecule has 2 atom stereocenters. The summed E-state index contributed by atoms with van der Waals surface area (Å²) in [6.45, 7) is 5.61. The molecule has 1 unspecified atom stereocenters. The van der Waals surface area contributed by atoms with Crippen molar-refractivity contribution in [1.29, 1.82) is 0 Å². The van der Waals surface area contributed by atoms with Gasteiger partial charge in [-0.2, -0.15) is 4.98 Å². The lowest BCUT2D eigenvalue weighted by molar-refractivity contribution is 0.0320. The highest BCUT2D eigenvalue weighted by Gasteiger charge is 2.47. The highest BCUT2D eigenvalue weighted by atomic mass is 35.5. The van der Waals surface area contributed by atoms with E-state index in [-0.39, 0.29) is 34.4 Å². The molecule has 1 aromatic carbocycles. The molecule has 4 aromatic rings. The molecule has 1 amide bonds. The number of aliphatic hydroxyl groups is 1. The van der Waals surface area contributed by atoms with Crippen molar-refractivity contribution in [2.75, 3.05) is 31.5 Å². The summed E-state index contributed by atoms with van der Waals surface area (Å²) in [5.41, 5.74) is 2.92. The third kappa shape index (κ3) is 4.03. The Labute approximate surface area is 226 Å². The van der Waals surface area contributed by atoms with Crippen LogP contribution in [0, 0.1) is 5.41 Å². The molecular formula is C25H25ClN8O3S. The molecule has 3 aromatic heterocycles. The number of likely N-dealkylation sites (tertiary alicyclic amines) is 1. The number of halogens is 1. The van der Waals surface area contributed by atoms with Crippen LogP contribution in [-0.2, 0) is 6.54 Å². The maximum absolute atomic E-state index is 12.7. The minimum absolute atomic E-state index is 0.0182. The molecule has 3 aliphatic rings. The van der Waals surface area contributed by atoms with Crippen LogP contribution in [0.5, 0.6) is 11.8 Å². The predicted molar refractivity (Wildman–Crippen MR) is 144 cm³/mol. The largest absolute Gasteiger partial charge is 0.418 e. The molecular weight excluding hydrogens is 528 g/mol. The number of hydrogen-bond donors (Lipinski definition) is 4. The van der Waals surface area contributed by atoms with Gasteiger partial charge in [0, 0.05) is 66.0 Å². The number of ether oxygens (including phenoxy) is 1. The second-order valence-electron chi connectivity index (χ2n) is 10.3. The van der Waals surface area contributed by atoms with E-state index in [1.165, 1.54) is 11.3 Å². The molecule has 196 valence electrons. The Morgan fingerprint density at radius 1 is 1.26 bits per heavy atom. The molecule has 0 aliphatic carbocycles. The van der Waals surface area contributed by atoms with Crippen LogP contribution in [0.2, 0.25) is 5.28 Å². The number of rotatable bonds is 4. The number of nitrogens with one attached hydrogen (secondary N) is 3. The summed E-state index contributed by atoms with van der Waals surface area (Å²) in [7, 11) is 0. The molecule has 4 N–H and O–H groups in total. The summed E-state index contributed by atoms with van der Waals surface area (Å²) in [5.74, 6) is 0.446. The zero-order chi connectivity index (χ0) is 26.0. The number of benzene rings is 1. The van der Waals surface area contributed by atoms with Gasteiger partial charge in [0.2, 0.25) is 17.0 Å². The minimum Gasteiger partial charge on any atom is -0.418 e. The zero-order valence-electron chi connectivity index (χ0n) is 20.5. The summed E-state index contributed by atoms with van der Waals surface area (Å²) >= 11 is 7.54. The van der Waals surface area contributed by atoms with E-state index in [1.807, 2.05) is 24.0 Å². The standard InChI is InChI=1S/C25H25ClN8O3S/c1-12-5-28-20-18-15(38-21(20)22(36)31-12)3-2-14-19(18)29-7-16(32-14)37-23-13(6-30-24(26)33-23)8-34-11-25(4-17(34)35)9-27-10-25/h2-3,6-7,12,17,27-28,35H,4-5,8-11H2,1H3,(H,31,36)/t12-,17?/m1/s1. The van der Waals surface area contributed by atoms with Crippen LogP contribution in [-0.4, -0.2) is 74.3 Å². The molecule has 0 radical (unpaired) electrons. The van der Waals surface area contributed by atoms with E-state index in [2.05, 4.69) is 35.9 Å². The Kier molecular flexibility index (Phi) is 5.64. The molecule has 13 heteroatoms. The predicted octanol–water partition coefficient (Wildman–Crippen LogP) is 2.74. The minimum atomic E-state index is -0.539. The smallest absolute Gasteiger partial charge is 0.263 e. The van der Waals surface area contributed by atoms with Crippen LogP contribution >= 0.6 is 22.9 Å². The number of thiophene rings is 1. The molecule has 0 bridgehead atoms. The summed E-state index contributed by atoms with van der Waals surface area (Å²) in [4.78, 5) is 33.2. The number of aliphatic hydroxyl groups excluding tert-OH is 1. The van der Waals surface area contributed by atoms with E-state index in [1.54, 1.807) is 12.4 Å². The van der Waals surface area contributed by atoms with E-state index < -0.39 is 6.23 Å². The Morgan fingerprint density at radius 3 is 2.92 bits per heavy atom. The number of fused-ring (bicyclic) bond motifs is 5. The van der Waals surface area contributed by atoms with E-state index >= 15 is 0 Å². The number of amides is 1. The monoisotopic (exact) mass is 552 g/mol. The van der Waals surface area contributed by atoms with Crippen molar-refractivity contribution in [2.45, 2.75) is 32.2 Å². The molecule has 38 heavy (non-hydrogen) atoms. The first-order valence-corrected chi connectivity index (χ1v) is 13.7. The average Bonchev–Trinajstić information content (AvgIpc) is 3.38. The van der Waals surface area contributed by atoms with Gasteiger partial charge in [0.1, 0.15) is 11.1 Å². The summed E-state index contributed by atoms with van der Waals surface area (Å²) in [6.07, 6.45) is 3.36. The van der Waals surface area contributed by atoms with Crippen molar-refractivity contribution < 1.29 is 14.6 Å². The molecule has 6 heterocycles. The van der Waals surface area contributed by atoms with Crippen molar-refractivity contribution in [3.05, 3.63) is 40.3 Å². The third-order valence-electron chi connectivity index (χ3n) is 7.46. The molecule has 7 rings (SSSR count). The lowest BCUT2D eigenvalue weighted by Crippen LogP contribution is -2.54. The molecule has 0 saturated carbocycles. The first-order chi connectivity index (χ1) is 18.4.